The summed E-state index contributed by atoms with van der Waals surface area (Å²) >= 11 is 0. The van der Waals surface area contributed by atoms with Gasteiger partial charge in [-0.15, -0.1) is 0 Å². The molecule has 3 heterocycles. The first-order valence-corrected chi connectivity index (χ1v) is 11.5. The van der Waals surface area contributed by atoms with Crippen molar-refractivity contribution in [2.24, 2.45) is 11.5 Å². The van der Waals surface area contributed by atoms with Crippen molar-refractivity contribution < 1.29 is 33.5 Å². The normalized spacial score (nSPS) is 17.1. The van der Waals surface area contributed by atoms with Gasteiger partial charge in [-0.2, -0.15) is 0 Å². The van der Waals surface area contributed by atoms with Gasteiger partial charge in [-0.1, -0.05) is 0 Å². The van der Waals surface area contributed by atoms with Crippen LogP contribution in [-0.2, 0) is 16.1 Å². The van der Waals surface area contributed by atoms with E-state index in [1.807, 2.05) is 0 Å². The van der Waals surface area contributed by atoms with Crippen molar-refractivity contribution in [1.29, 1.82) is 0 Å². The quantitative estimate of drug-likeness (QED) is 0.226. The number of fused-ring (bicyclic) bond motifs is 1. The van der Waals surface area contributed by atoms with E-state index in [-0.39, 0.29) is 48.4 Å². The lowest BCUT2D eigenvalue weighted by Gasteiger charge is -2.14. The molecule has 204 valence electrons. The molecular weight excluding hydrogens is 505 g/mol. The Morgan fingerprint density at radius 2 is 2.16 bits per heavy atom. The molecule has 0 aliphatic carbocycles. The molecule has 1 unspecified atom stereocenters. The third-order valence-corrected chi connectivity index (χ3v) is 5.38. The van der Waals surface area contributed by atoms with E-state index < -0.39 is 22.9 Å². The van der Waals surface area contributed by atoms with Crippen LogP contribution in [0.15, 0.2) is 42.2 Å². The zero-order chi connectivity index (χ0) is 27.8. The second kappa shape index (κ2) is 12.5. The van der Waals surface area contributed by atoms with Gasteiger partial charge in [-0.3, -0.25) is 14.3 Å². The number of hydrogen-bond acceptors (Lipinski definition) is 10. The Balaban J connectivity index is 0.000000275. The molecule has 0 saturated carbocycles. The van der Waals surface area contributed by atoms with Crippen molar-refractivity contribution in [2.45, 2.75) is 26.0 Å². The van der Waals surface area contributed by atoms with Gasteiger partial charge in [-0.05, 0) is 41.7 Å². The fraction of sp³-hybridized carbons (Fsp3) is 0.348. The number of carbonyl (C=O) groups is 2. The summed E-state index contributed by atoms with van der Waals surface area (Å²) in [7, 11) is 0. The summed E-state index contributed by atoms with van der Waals surface area (Å²) < 4.78 is 26.3. The standard InChI is InChI=1S/C17H21FN4O4.C6H7N3O3/c1-10(24)21-7-13-8-22(17(25)26-13)12-3-4-14(15(18)6-12)16(20)5-2-11(19)9-23;10-9(11)5-4-8-2-1-3-12-6(8)7-5/h2-6,13,23H,7-9,19-20H2,1H3,(H,21,24);4H,1-3H2/b11-2-,16-5-;. The van der Waals surface area contributed by atoms with Crippen molar-refractivity contribution in [3.63, 3.8) is 0 Å². The van der Waals surface area contributed by atoms with E-state index in [4.69, 9.17) is 26.0 Å². The minimum Gasteiger partial charge on any atom is -0.446 e. The molecule has 14 nitrogen and oxygen atoms in total. The first-order chi connectivity index (χ1) is 18.1. The van der Waals surface area contributed by atoms with Crippen LogP contribution in [0, 0.1) is 15.9 Å². The molecule has 0 spiro atoms. The smallest absolute Gasteiger partial charge is 0.414 e. The topological polar surface area (TPSA) is 201 Å². The zero-order valence-corrected chi connectivity index (χ0v) is 20.5. The number of nitrogens with one attached hydrogen (secondary N) is 1. The molecule has 2 aromatic rings. The van der Waals surface area contributed by atoms with Crippen LogP contribution in [0.2, 0.25) is 0 Å². The van der Waals surface area contributed by atoms with Crippen LogP contribution in [-0.4, -0.2) is 64.0 Å². The molecule has 2 aliphatic heterocycles. The van der Waals surface area contributed by atoms with Crippen molar-refractivity contribution in [3.05, 3.63) is 63.7 Å². The largest absolute Gasteiger partial charge is 0.446 e. The van der Waals surface area contributed by atoms with Gasteiger partial charge in [0.05, 0.1) is 32.0 Å². The number of halogens is 1. The number of rotatable bonds is 7. The highest BCUT2D eigenvalue weighted by Gasteiger charge is 2.32. The minimum atomic E-state index is -0.620. The number of aliphatic hydroxyl groups is 1. The number of nitrogens with two attached hydrogens (primary N) is 2. The predicted molar refractivity (Wildman–Crippen MR) is 133 cm³/mol. The second-order valence-corrected chi connectivity index (χ2v) is 8.27. The van der Waals surface area contributed by atoms with E-state index in [2.05, 4.69) is 10.3 Å². The van der Waals surface area contributed by atoms with Gasteiger partial charge in [0, 0.05) is 35.4 Å². The molecule has 2 aliphatic rings. The van der Waals surface area contributed by atoms with Crippen LogP contribution < -0.4 is 26.4 Å². The van der Waals surface area contributed by atoms with Gasteiger partial charge >= 0.3 is 17.9 Å². The fourth-order valence-electron chi connectivity index (χ4n) is 3.49. The van der Waals surface area contributed by atoms with Gasteiger partial charge in [0.25, 0.3) is 0 Å². The lowest BCUT2D eigenvalue weighted by Crippen LogP contribution is -2.33. The van der Waals surface area contributed by atoms with E-state index >= 15 is 0 Å². The molecule has 38 heavy (non-hydrogen) atoms. The molecule has 6 N–H and O–H groups in total. The highest BCUT2D eigenvalue weighted by Crippen LogP contribution is 2.26. The van der Waals surface area contributed by atoms with Gasteiger partial charge in [0.2, 0.25) is 5.91 Å². The van der Waals surface area contributed by atoms with Crippen molar-refractivity contribution in [3.8, 4) is 6.01 Å². The average Bonchev–Trinajstić information content (AvgIpc) is 3.49. The Kier molecular flexibility index (Phi) is 9.21. The summed E-state index contributed by atoms with van der Waals surface area (Å²) in [6.07, 6.45) is 3.92. The highest BCUT2D eigenvalue weighted by molar-refractivity contribution is 5.90. The molecule has 2 amide bonds. The van der Waals surface area contributed by atoms with Crippen LogP contribution in [0.25, 0.3) is 5.70 Å². The maximum atomic E-state index is 14.4. The summed E-state index contributed by atoms with van der Waals surface area (Å²) in [4.78, 5) is 37.6. The van der Waals surface area contributed by atoms with Crippen molar-refractivity contribution in [1.82, 2.24) is 14.9 Å². The summed E-state index contributed by atoms with van der Waals surface area (Å²) in [6, 6.07) is 4.51. The van der Waals surface area contributed by atoms with E-state index in [1.54, 1.807) is 10.6 Å². The molecule has 1 atom stereocenters. The van der Waals surface area contributed by atoms with Crippen LogP contribution in [0.1, 0.15) is 18.9 Å². The lowest BCUT2D eigenvalue weighted by atomic mass is 10.1. The number of allylic oxidation sites excluding steroid dienone is 2. The third-order valence-electron chi connectivity index (χ3n) is 5.38. The number of aromatic nitrogens is 2. The molecule has 15 heteroatoms. The van der Waals surface area contributed by atoms with E-state index in [0.717, 1.165) is 13.0 Å². The van der Waals surface area contributed by atoms with Crippen LogP contribution in [0.4, 0.5) is 20.7 Å². The predicted octanol–water partition coefficient (Wildman–Crippen LogP) is 0.995. The molecule has 4 rings (SSSR count). The number of carbonyl (C=O) groups excluding carboxylic acids is 2. The van der Waals surface area contributed by atoms with Gasteiger partial charge in [0.1, 0.15) is 18.1 Å². The van der Waals surface area contributed by atoms with Crippen molar-refractivity contribution in [2.75, 3.05) is 31.2 Å². The summed E-state index contributed by atoms with van der Waals surface area (Å²) in [5.41, 5.74) is 12.0. The SMILES string of the molecule is CC(=O)NCC1CN(c2ccc(/C(N)=C/C=C(\N)CO)c(F)c2)C(=O)O1.O=[N+]([O-])c1cn2c(n1)OCCC2. The number of hydrogen-bond donors (Lipinski definition) is 4. The number of nitro groups is 1. The molecule has 0 bridgehead atoms. The molecule has 1 aromatic heterocycles. The summed E-state index contributed by atoms with van der Waals surface area (Å²) in [5.74, 6) is -0.995. The Labute approximate surface area is 216 Å². The number of anilines is 1. The van der Waals surface area contributed by atoms with E-state index in [1.165, 1.54) is 42.3 Å². The lowest BCUT2D eigenvalue weighted by molar-refractivity contribution is -0.389. The van der Waals surface area contributed by atoms with Gasteiger partial charge in [0.15, 0.2) is 0 Å². The second-order valence-electron chi connectivity index (χ2n) is 8.27. The third kappa shape index (κ3) is 7.19. The maximum Gasteiger partial charge on any atom is 0.414 e. The minimum absolute atomic E-state index is 0.123. The molecule has 1 aromatic carbocycles. The first kappa shape index (κ1) is 27.9. The Bertz CT molecular complexity index is 1240. The molecule has 0 radical (unpaired) electrons. The van der Waals surface area contributed by atoms with Gasteiger partial charge < -0.3 is 41.5 Å². The van der Waals surface area contributed by atoms with Gasteiger partial charge in [-0.25, -0.2) is 9.18 Å². The number of benzene rings is 1. The van der Waals surface area contributed by atoms with E-state index in [0.29, 0.717) is 18.3 Å². The van der Waals surface area contributed by atoms with Crippen LogP contribution in [0.5, 0.6) is 6.01 Å². The number of aryl methyl sites for hydroxylation is 1. The zero-order valence-electron chi connectivity index (χ0n) is 20.5. The Morgan fingerprint density at radius 1 is 1.39 bits per heavy atom. The average molecular weight is 534 g/mol. The van der Waals surface area contributed by atoms with Crippen LogP contribution in [0.3, 0.4) is 0 Å². The van der Waals surface area contributed by atoms with Crippen molar-refractivity contribution >= 4 is 29.2 Å². The Hall–Kier alpha value is -4.66. The molecule has 1 fully saturated rings. The fourth-order valence-corrected chi connectivity index (χ4v) is 3.49. The monoisotopic (exact) mass is 533 g/mol. The first-order valence-electron chi connectivity index (χ1n) is 11.5. The Morgan fingerprint density at radius 3 is 2.79 bits per heavy atom. The molecular formula is C23H28FN7O7. The number of imidazole rings is 1. The number of cyclic esters (lactones) is 1. The summed E-state index contributed by atoms with van der Waals surface area (Å²) in [5, 5.41) is 21.7. The number of amides is 2. The number of aliphatic hydroxyl groups excluding tert-OH is 1. The summed E-state index contributed by atoms with van der Waals surface area (Å²) in [6.45, 7) is 2.75. The maximum absolute atomic E-state index is 14.4. The van der Waals surface area contributed by atoms with Crippen LogP contribution >= 0.6 is 0 Å². The number of nitrogens with zero attached hydrogens (tertiary/aromatic N) is 4. The number of ether oxygens (including phenoxy) is 2. The highest BCUT2D eigenvalue weighted by atomic mass is 19.1. The molecule has 1 saturated heterocycles. The van der Waals surface area contributed by atoms with E-state index in [9.17, 15) is 24.1 Å².